The first-order chi connectivity index (χ1) is 14.4. The standard InChI is InChI=1S/C22H22ClNO5S/c23-18-10-17(26)6-4-14(18)9-15(19-3-1-2-8-24-19)5-7-20-22-16(11-25)13-30(27,28)21(22)12-29-20/h1-4,6,8-10,20-21,25-26H,5,7,11-13H2/b15-9-/t20-,21+/m1/s1. The predicted molar refractivity (Wildman–Crippen MR) is 116 cm³/mol. The van der Waals surface area contributed by atoms with Gasteiger partial charge in [0.15, 0.2) is 9.84 Å². The van der Waals surface area contributed by atoms with Crippen LogP contribution in [0.5, 0.6) is 5.75 Å². The van der Waals surface area contributed by atoms with Gasteiger partial charge >= 0.3 is 0 Å². The number of aromatic hydroxyl groups is 1. The minimum absolute atomic E-state index is 0.0879. The zero-order chi connectivity index (χ0) is 21.3. The van der Waals surface area contributed by atoms with Crippen LogP contribution in [0.15, 0.2) is 53.7 Å². The summed E-state index contributed by atoms with van der Waals surface area (Å²) in [6, 6.07) is 10.4. The lowest BCUT2D eigenvalue weighted by Gasteiger charge is -2.15. The van der Waals surface area contributed by atoms with Gasteiger partial charge in [0.05, 0.1) is 35.8 Å². The Morgan fingerprint density at radius 2 is 2.13 bits per heavy atom. The van der Waals surface area contributed by atoms with Crippen molar-refractivity contribution < 1.29 is 23.4 Å². The number of phenols is 1. The maximum atomic E-state index is 12.3. The number of aliphatic hydroxyl groups excluding tert-OH is 1. The van der Waals surface area contributed by atoms with Crippen molar-refractivity contribution in [2.45, 2.75) is 24.2 Å². The van der Waals surface area contributed by atoms with E-state index in [2.05, 4.69) is 4.98 Å². The summed E-state index contributed by atoms with van der Waals surface area (Å²) in [7, 11) is -3.29. The van der Waals surface area contributed by atoms with Crippen molar-refractivity contribution in [2.75, 3.05) is 19.0 Å². The fourth-order valence-corrected chi connectivity index (χ4v) is 6.25. The van der Waals surface area contributed by atoms with Crippen molar-refractivity contribution in [1.82, 2.24) is 4.98 Å². The normalized spacial score (nSPS) is 23.1. The molecule has 0 spiro atoms. The fraction of sp³-hybridized carbons (Fsp3) is 0.318. The fourth-order valence-electron chi connectivity index (χ4n) is 4.08. The molecule has 1 aromatic heterocycles. The van der Waals surface area contributed by atoms with Crippen LogP contribution in [0.25, 0.3) is 11.6 Å². The first kappa shape index (κ1) is 21.1. The van der Waals surface area contributed by atoms with E-state index in [0.29, 0.717) is 23.4 Å². The number of aliphatic hydroxyl groups is 1. The van der Waals surface area contributed by atoms with Gasteiger partial charge in [-0.1, -0.05) is 17.7 Å². The van der Waals surface area contributed by atoms with E-state index in [1.165, 1.54) is 6.07 Å². The molecule has 0 amide bonds. The maximum Gasteiger partial charge on any atom is 0.163 e. The molecule has 3 heterocycles. The largest absolute Gasteiger partial charge is 0.508 e. The highest BCUT2D eigenvalue weighted by atomic mass is 35.5. The summed E-state index contributed by atoms with van der Waals surface area (Å²) in [6.45, 7) is -0.130. The van der Waals surface area contributed by atoms with E-state index in [1.54, 1.807) is 18.3 Å². The smallest absolute Gasteiger partial charge is 0.163 e. The van der Waals surface area contributed by atoms with Gasteiger partial charge in [0, 0.05) is 6.20 Å². The molecule has 2 aromatic rings. The van der Waals surface area contributed by atoms with E-state index >= 15 is 0 Å². The van der Waals surface area contributed by atoms with E-state index in [9.17, 15) is 18.6 Å². The first-order valence-corrected chi connectivity index (χ1v) is 11.7. The van der Waals surface area contributed by atoms with Crippen LogP contribution in [0.1, 0.15) is 24.1 Å². The molecular formula is C22H22ClNO5S. The molecule has 2 aliphatic rings. The third-order valence-electron chi connectivity index (χ3n) is 5.53. The number of fused-ring (bicyclic) bond motifs is 1. The number of hydrogen-bond donors (Lipinski definition) is 2. The summed E-state index contributed by atoms with van der Waals surface area (Å²) >= 11 is 6.28. The summed E-state index contributed by atoms with van der Waals surface area (Å²) in [4.78, 5) is 4.44. The molecule has 0 unspecified atom stereocenters. The Balaban J connectivity index is 1.62. The Morgan fingerprint density at radius 3 is 2.83 bits per heavy atom. The Morgan fingerprint density at radius 1 is 1.30 bits per heavy atom. The molecule has 4 rings (SSSR count). The van der Waals surface area contributed by atoms with Crippen LogP contribution in [0.4, 0.5) is 0 Å². The van der Waals surface area contributed by atoms with E-state index in [4.69, 9.17) is 16.3 Å². The van der Waals surface area contributed by atoms with Crippen molar-refractivity contribution >= 4 is 33.1 Å². The number of ether oxygens (including phenoxy) is 1. The number of allylic oxidation sites excluding steroid dienone is 1. The van der Waals surface area contributed by atoms with Gasteiger partial charge in [-0.15, -0.1) is 0 Å². The quantitative estimate of drug-likeness (QED) is 0.660. The van der Waals surface area contributed by atoms with Gasteiger partial charge in [0.1, 0.15) is 11.0 Å². The molecule has 1 aromatic carbocycles. The molecule has 0 aliphatic carbocycles. The van der Waals surface area contributed by atoms with Gasteiger partial charge < -0.3 is 14.9 Å². The SMILES string of the molecule is O=S1(=O)CC(CO)=C2[C@@H](CC/C(=C/c3ccc(O)cc3Cl)c3ccccn3)OC[C@@H]21. The van der Waals surface area contributed by atoms with Crippen LogP contribution in [-0.2, 0) is 14.6 Å². The highest BCUT2D eigenvalue weighted by Crippen LogP contribution is 2.39. The van der Waals surface area contributed by atoms with Gasteiger partial charge in [0.25, 0.3) is 0 Å². The Kier molecular flexibility index (Phi) is 5.97. The van der Waals surface area contributed by atoms with Crippen molar-refractivity contribution in [1.29, 1.82) is 0 Å². The van der Waals surface area contributed by atoms with Crippen LogP contribution in [0.3, 0.4) is 0 Å². The molecule has 158 valence electrons. The molecule has 2 aliphatic heterocycles. The monoisotopic (exact) mass is 447 g/mol. The molecule has 2 N–H and O–H groups in total. The summed E-state index contributed by atoms with van der Waals surface area (Å²) in [6.07, 6.45) is 4.41. The molecule has 2 atom stereocenters. The lowest BCUT2D eigenvalue weighted by atomic mass is 9.95. The average molecular weight is 448 g/mol. The topological polar surface area (TPSA) is 96.7 Å². The van der Waals surface area contributed by atoms with Gasteiger partial charge in [-0.2, -0.15) is 0 Å². The zero-order valence-electron chi connectivity index (χ0n) is 16.2. The maximum absolute atomic E-state index is 12.3. The number of rotatable bonds is 6. The van der Waals surface area contributed by atoms with Gasteiger partial charge in [0.2, 0.25) is 0 Å². The predicted octanol–water partition coefficient (Wildman–Crippen LogP) is 3.25. The molecule has 0 saturated carbocycles. The van der Waals surface area contributed by atoms with E-state index in [-0.39, 0.29) is 30.8 Å². The molecule has 1 fully saturated rings. The third kappa shape index (κ3) is 4.16. The van der Waals surface area contributed by atoms with Crippen LogP contribution < -0.4 is 0 Å². The number of pyridine rings is 1. The second-order valence-electron chi connectivity index (χ2n) is 7.46. The number of sulfone groups is 1. The van der Waals surface area contributed by atoms with Crippen LogP contribution >= 0.6 is 11.6 Å². The summed E-state index contributed by atoms with van der Waals surface area (Å²) < 4.78 is 30.5. The number of phenolic OH excluding ortho intramolecular Hbond substituents is 1. The molecule has 0 bridgehead atoms. The van der Waals surface area contributed by atoms with Gasteiger partial charge in [-0.05, 0) is 71.5 Å². The lowest BCUT2D eigenvalue weighted by Crippen LogP contribution is -2.19. The number of hydrogen-bond acceptors (Lipinski definition) is 6. The van der Waals surface area contributed by atoms with Gasteiger partial charge in [-0.25, -0.2) is 8.42 Å². The van der Waals surface area contributed by atoms with Crippen LogP contribution in [0, 0.1) is 0 Å². The minimum atomic E-state index is -3.29. The molecule has 30 heavy (non-hydrogen) atoms. The Hall–Kier alpha value is -2.19. The highest BCUT2D eigenvalue weighted by Gasteiger charge is 2.46. The van der Waals surface area contributed by atoms with E-state index in [0.717, 1.165) is 22.4 Å². The Labute approximate surface area is 180 Å². The van der Waals surface area contributed by atoms with E-state index < -0.39 is 15.1 Å². The summed E-state index contributed by atoms with van der Waals surface area (Å²) in [5.41, 5.74) is 3.74. The minimum Gasteiger partial charge on any atom is -0.508 e. The van der Waals surface area contributed by atoms with Crippen LogP contribution in [0.2, 0.25) is 5.02 Å². The number of halogens is 1. The Bertz CT molecular complexity index is 1110. The van der Waals surface area contributed by atoms with Crippen molar-refractivity contribution in [2.24, 2.45) is 0 Å². The number of nitrogens with zero attached hydrogens (tertiary/aromatic N) is 1. The molecular weight excluding hydrogens is 426 g/mol. The second kappa shape index (κ2) is 8.51. The second-order valence-corrected chi connectivity index (χ2v) is 10.1. The highest BCUT2D eigenvalue weighted by molar-refractivity contribution is 7.92. The third-order valence-corrected chi connectivity index (χ3v) is 7.87. The number of benzene rings is 1. The summed E-state index contributed by atoms with van der Waals surface area (Å²) in [5, 5.41) is 19.0. The van der Waals surface area contributed by atoms with Gasteiger partial charge in [-0.3, -0.25) is 4.98 Å². The average Bonchev–Trinajstić information content (AvgIpc) is 3.26. The van der Waals surface area contributed by atoms with Crippen LogP contribution in [-0.4, -0.2) is 53.9 Å². The van der Waals surface area contributed by atoms with Crippen molar-refractivity contribution in [3.8, 4) is 5.75 Å². The molecule has 8 heteroatoms. The number of aromatic nitrogens is 1. The summed E-state index contributed by atoms with van der Waals surface area (Å²) in [5.74, 6) is 0.00272. The van der Waals surface area contributed by atoms with Crippen molar-refractivity contribution in [3.63, 3.8) is 0 Å². The zero-order valence-corrected chi connectivity index (χ0v) is 17.7. The molecule has 1 saturated heterocycles. The molecule has 0 radical (unpaired) electrons. The first-order valence-electron chi connectivity index (χ1n) is 9.65. The molecule has 6 nitrogen and oxygen atoms in total. The van der Waals surface area contributed by atoms with E-state index in [1.807, 2.05) is 24.3 Å². The lowest BCUT2D eigenvalue weighted by molar-refractivity contribution is 0.118. The van der Waals surface area contributed by atoms with Crippen molar-refractivity contribution in [3.05, 3.63) is 70.0 Å².